The predicted octanol–water partition coefficient (Wildman–Crippen LogP) is 0.728. The fraction of sp³-hybridized carbons (Fsp3) is 0.286. The van der Waals surface area contributed by atoms with Crippen LogP contribution in [-0.4, -0.2) is 43.9 Å². The minimum atomic E-state index is -3.63. The summed E-state index contributed by atoms with van der Waals surface area (Å²) in [5.41, 5.74) is 5.41. The molecule has 1 heterocycles. The Balaban J connectivity index is 2.18. The Bertz CT molecular complexity index is 770. The Morgan fingerprint density at radius 2 is 2.18 bits per heavy atom. The van der Waals surface area contributed by atoms with Gasteiger partial charge in [-0.25, -0.2) is 13.1 Å². The zero-order valence-electron chi connectivity index (χ0n) is 12.3. The van der Waals surface area contributed by atoms with Gasteiger partial charge in [0, 0.05) is 42.8 Å². The first-order chi connectivity index (χ1) is 10.5. The van der Waals surface area contributed by atoms with Crippen LogP contribution in [0.2, 0.25) is 0 Å². The predicted molar refractivity (Wildman–Crippen MR) is 86.1 cm³/mol. The molecular formula is C14H19N5O2S. The summed E-state index contributed by atoms with van der Waals surface area (Å²) >= 11 is 0. The van der Waals surface area contributed by atoms with Gasteiger partial charge < -0.3 is 10.6 Å². The van der Waals surface area contributed by atoms with Crippen LogP contribution in [0.3, 0.4) is 0 Å². The Hall–Kier alpha value is -2.19. The maximum Gasteiger partial charge on any atom is 0.241 e. The number of fused-ring (bicyclic) bond motifs is 1. The fourth-order valence-electron chi connectivity index (χ4n) is 2.17. The molecule has 0 spiro atoms. The molecule has 0 aliphatic rings. The molecule has 118 valence electrons. The molecule has 7 nitrogen and oxygen atoms in total. The Labute approximate surface area is 129 Å². The third-order valence-corrected chi connectivity index (χ3v) is 4.85. The lowest BCUT2D eigenvalue weighted by atomic mass is 10.2. The summed E-state index contributed by atoms with van der Waals surface area (Å²) in [7, 11) is -3.63. The molecule has 8 heteroatoms. The normalized spacial score (nSPS) is 11.5. The highest BCUT2D eigenvalue weighted by atomic mass is 32.2. The molecule has 0 aliphatic heterocycles. The zero-order valence-corrected chi connectivity index (χ0v) is 13.1. The molecule has 0 bridgehead atoms. The van der Waals surface area contributed by atoms with Crippen LogP contribution in [0.25, 0.3) is 10.8 Å². The van der Waals surface area contributed by atoms with Gasteiger partial charge in [-0.05, 0) is 19.1 Å². The lowest BCUT2D eigenvalue weighted by Gasteiger charge is -2.20. The van der Waals surface area contributed by atoms with Crippen molar-refractivity contribution in [3.63, 3.8) is 0 Å². The van der Waals surface area contributed by atoms with Crippen molar-refractivity contribution < 1.29 is 8.42 Å². The summed E-state index contributed by atoms with van der Waals surface area (Å²) in [4.78, 5) is 5.79. The second-order valence-electron chi connectivity index (χ2n) is 4.72. The molecule has 0 unspecified atom stereocenters. The van der Waals surface area contributed by atoms with Crippen molar-refractivity contribution in [3.05, 3.63) is 36.7 Å². The van der Waals surface area contributed by atoms with Gasteiger partial charge >= 0.3 is 0 Å². The number of hydrogen-bond acceptors (Lipinski definition) is 4. The molecule has 0 saturated carbocycles. The third-order valence-electron chi connectivity index (χ3n) is 3.33. The van der Waals surface area contributed by atoms with Crippen molar-refractivity contribution in [2.75, 3.05) is 19.6 Å². The first-order valence-electron chi connectivity index (χ1n) is 6.87. The number of likely N-dealkylation sites (N-methyl/N-ethyl adjacent to an activating group) is 1. The number of hydrogen-bond donors (Lipinski definition) is 3. The number of guanidine groups is 1. The van der Waals surface area contributed by atoms with Crippen LogP contribution >= 0.6 is 0 Å². The second-order valence-corrected chi connectivity index (χ2v) is 6.45. The van der Waals surface area contributed by atoms with E-state index in [4.69, 9.17) is 11.1 Å². The SMILES string of the molecule is CCN(CCNS(=O)(=O)c1cccc2cnccc12)C(=N)N. The van der Waals surface area contributed by atoms with Crippen LogP contribution in [0.15, 0.2) is 41.6 Å². The molecule has 2 rings (SSSR count). The van der Waals surface area contributed by atoms with Crippen LogP contribution in [0.1, 0.15) is 6.92 Å². The summed E-state index contributed by atoms with van der Waals surface area (Å²) in [6.07, 6.45) is 3.19. The number of pyridine rings is 1. The largest absolute Gasteiger partial charge is 0.370 e. The Morgan fingerprint density at radius 3 is 2.86 bits per heavy atom. The van der Waals surface area contributed by atoms with E-state index in [1.54, 1.807) is 35.5 Å². The van der Waals surface area contributed by atoms with Gasteiger partial charge in [0.1, 0.15) is 0 Å². The molecule has 0 radical (unpaired) electrons. The average molecular weight is 321 g/mol. The van der Waals surface area contributed by atoms with Gasteiger partial charge in [-0.2, -0.15) is 0 Å². The number of nitrogens with two attached hydrogens (primary N) is 1. The highest BCUT2D eigenvalue weighted by Gasteiger charge is 2.17. The quantitative estimate of drug-likeness (QED) is 0.536. The highest BCUT2D eigenvalue weighted by molar-refractivity contribution is 7.89. The minimum Gasteiger partial charge on any atom is -0.370 e. The van der Waals surface area contributed by atoms with Crippen molar-refractivity contribution in [1.29, 1.82) is 5.41 Å². The van der Waals surface area contributed by atoms with Crippen molar-refractivity contribution in [1.82, 2.24) is 14.6 Å². The maximum absolute atomic E-state index is 12.5. The number of nitrogens with one attached hydrogen (secondary N) is 2. The van der Waals surface area contributed by atoms with E-state index in [-0.39, 0.29) is 17.4 Å². The van der Waals surface area contributed by atoms with E-state index in [2.05, 4.69) is 9.71 Å². The average Bonchev–Trinajstić information content (AvgIpc) is 2.50. The van der Waals surface area contributed by atoms with Gasteiger partial charge in [-0.1, -0.05) is 12.1 Å². The molecule has 4 N–H and O–H groups in total. The molecule has 22 heavy (non-hydrogen) atoms. The van der Waals surface area contributed by atoms with Gasteiger partial charge in [-0.15, -0.1) is 0 Å². The first kappa shape index (κ1) is 16.2. The van der Waals surface area contributed by atoms with Crippen molar-refractivity contribution >= 4 is 26.8 Å². The molecular weight excluding hydrogens is 302 g/mol. The molecule has 0 fully saturated rings. The lowest BCUT2D eigenvalue weighted by Crippen LogP contribution is -2.41. The number of sulfonamides is 1. The molecule has 0 saturated heterocycles. The van der Waals surface area contributed by atoms with Gasteiger partial charge in [0.15, 0.2) is 5.96 Å². The first-order valence-corrected chi connectivity index (χ1v) is 8.35. The Morgan fingerprint density at radius 1 is 1.41 bits per heavy atom. The molecule has 1 aromatic heterocycles. The molecule has 0 amide bonds. The van der Waals surface area contributed by atoms with Crippen LogP contribution in [0, 0.1) is 5.41 Å². The number of nitrogens with zero attached hydrogens (tertiary/aromatic N) is 2. The van der Waals surface area contributed by atoms with Gasteiger partial charge in [0.05, 0.1) is 4.90 Å². The topological polar surface area (TPSA) is 112 Å². The highest BCUT2D eigenvalue weighted by Crippen LogP contribution is 2.21. The molecule has 2 aromatic rings. The van der Waals surface area contributed by atoms with E-state index in [0.29, 0.717) is 18.5 Å². The fourth-order valence-corrected chi connectivity index (χ4v) is 3.42. The Kier molecular flexibility index (Phi) is 4.94. The lowest BCUT2D eigenvalue weighted by molar-refractivity contribution is 0.435. The maximum atomic E-state index is 12.5. The van der Waals surface area contributed by atoms with Gasteiger partial charge in [-0.3, -0.25) is 10.4 Å². The van der Waals surface area contributed by atoms with E-state index < -0.39 is 10.0 Å². The van der Waals surface area contributed by atoms with Crippen molar-refractivity contribution in [3.8, 4) is 0 Å². The van der Waals surface area contributed by atoms with Crippen molar-refractivity contribution in [2.45, 2.75) is 11.8 Å². The van der Waals surface area contributed by atoms with E-state index >= 15 is 0 Å². The third kappa shape index (κ3) is 3.52. The number of rotatable bonds is 6. The van der Waals surface area contributed by atoms with Crippen LogP contribution in [0.5, 0.6) is 0 Å². The monoisotopic (exact) mass is 321 g/mol. The minimum absolute atomic E-state index is 0.0714. The van der Waals surface area contributed by atoms with Crippen LogP contribution < -0.4 is 10.5 Å². The van der Waals surface area contributed by atoms with E-state index in [9.17, 15) is 8.42 Å². The van der Waals surface area contributed by atoms with Crippen LogP contribution in [0.4, 0.5) is 0 Å². The van der Waals surface area contributed by atoms with E-state index in [1.165, 1.54) is 0 Å². The summed E-state index contributed by atoms with van der Waals surface area (Å²) < 4.78 is 27.4. The summed E-state index contributed by atoms with van der Waals surface area (Å²) in [5.74, 6) is -0.0714. The number of aromatic nitrogens is 1. The summed E-state index contributed by atoms with van der Waals surface area (Å²) in [6, 6.07) is 6.74. The standard InChI is InChI=1S/C14H19N5O2S/c1-2-19(14(15)16)9-8-18-22(20,21)13-5-3-4-11-10-17-7-6-12(11)13/h3-7,10,18H,2,8-9H2,1H3,(H3,15,16). The van der Waals surface area contributed by atoms with Crippen molar-refractivity contribution in [2.24, 2.45) is 5.73 Å². The molecule has 1 aromatic carbocycles. The summed E-state index contributed by atoms with van der Waals surface area (Å²) in [5, 5.41) is 8.77. The van der Waals surface area contributed by atoms with Gasteiger partial charge in [0.25, 0.3) is 0 Å². The molecule has 0 atom stereocenters. The van der Waals surface area contributed by atoms with Crippen LogP contribution in [-0.2, 0) is 10.0 Å². The smallest absolute Gasteiger partial charge is 0.241 e. The van der Waals surface area contributed by atoms with Gasteiger partial charge in [0.2, 0.25) is 10.0 Å². The molecule has 0 aliphatic carbocycles. The van der Waals surface area contributed by atoms with E-state index in [0.717, 1.165) is 5.39 Å². The second kappa shape index (κ2) is 6.71. The van der Waals surface area contributed by atoms with E-state index in [1.807, 2.05) is 13.0 Å². The number of benzene rings is 1. The summed E-state index contributed by atoms with van der Waals surface area (Å²) in [6.45, 7) is 2.93. The zero-order chi connectivity index (χ0) is 16.2.